The average molecular weight is 602 g/mol. The highest BCUT2D eigenvalue weighted by Gasteiger charge is 2.25. The summed E-state index contributed by atoms with van der Waals surface area (Å²) in [6.45, 7) is 0. The van der Waals surface area contributed by atoms with Crippen molar-refractivity contribution >= 4 is 82.2 Å². The molecule has 11 aromatic rings. The molecule has 6 heteroatoms. The van der Waals surface area contributed by atoms with Gasteiger partial charge in [-0.05, 0) is 42.5 Å². The second-order valence-electron chi connectivity index (χ2n) is 12.0. The van der Waals surface area contributed by atoms with Gasteiger partial charge in [-0.25, -0.2) is 15.0 Å². The quantitative estimate of drug-likeness (QED) is 0.198. The smallest absolute Gasteiger partial charge is 0.235 e. The summed E-state index contributed by atoms with van der Waals surface area (Å²) in [6, 6.07) is 48.1. The van der Waals surface area contributed by atoms with Crippen molar-refractivity contribution in [3.63, 3.8) is 0 Å². The van der Waals surface area contributed by atoms with Crippen LogP contribution >= 0.6 is 0 Å². The summed E-state index contributed by atoms with van der Waals surface area (Å²) in [7, 11) is 0. The van der Waals surface area contributed by atoms with E-state index in [0.29, 0.717) is 5.95 Å². The predicted octanol–water partition coefficient (Wildman–Crippen LogP) is 10.2. The molecule has 11 rings (SSSR count). The molecule has 0 bridgehead atoms. The summed E-state index contributed by atoms with van der Waals surface area (Å²) in [5.41, 5.74) is 10.6. The minimum Gasteiger partial charge on any atom is -0.456 e. The molecule has 0 aliphatic rings. The number of hydrogen-bond donors (Lipinski definition) is 0. The summed E-state index contributed by atoms with van der Waals surface area (Å²) in [5.74, 6) is 0.621. The van der Waals surface area contributed by atoms with Crippen molar-refractivity contribution in [1.29, 1.82) is 0 Å². The van der Waals surface area contributed by atoms with Crippen LogP contribution in [0.4, 0.5) is 0 Å². The molecule has 0 atom stereocenters. The van der Waals surface area contributed by atoms with Crippen LogP contribution < -0.4 is 0 Å². The normalized spacial score (nSPS) is 12.3. The van der Waals surface area contributed by atoms with Gasteiger partial charge in [0.05, 0.1) is 38.8 Å². The van der Waals surface area contributed by atoms with E-state index in [1.165, 1.54) is 0 Å². The Morgan fingerprint density at radius 3 is 2.02 bits per heavy atom. The lowest BCUT2D eigenvalue weighted by Gasteiger charge is -2.13. The third-order valence-electron chi connectivity index (χ3n) is 9.49. The van der Waals surface area contributed by atoms with Gasteiger partial charge in [0.15, 0.2) is 0 Å². The molecule has 5 heterocycles. The number of nitrogens with zero attached hydrogens (tertiary/aromatic N) is 5. The first-order valence-corrected chi connectivity index (χ1v) is 15.7. The van der Waals surface area contributed by atoms with E-state index in [0.717, 1.165) is 93.5 Å². The summed E-state index contributed by atoms with van der Waals surface area (Å²) in [5, 5.41) is 6.36. The van der Waals surface area contributed by atoms with Gasteiger partial charge in [-0.3, -0.25) is 8.97 Å². The lowest BCUT2D eigenvalue weighted by atomic mass is 10.0. The van der Waals surface area contributed by atoms with E-state index < -0.39 is 0 Å². The second kappa shape index (κ2) is 9.02. The van der Waals surface area contributed by atoms with Gasteiger partial charge in [0.25, 0.3) is 0 Å². The topological polar surface area (TPSA) is 61.2 Å². The van der Waals surface area contributed by atoms with Crippen molar-refractivity contribution in [3.05, 3.63) is 140 Å². The number of para-hydroxylation sites is 5. The Morgan fingerprint density at radius 2 is 1.15 bits per heavy atom. The number of furan rings is 1. The first kappa shape index (κ1) is 24.8. The van der Waals surface area contributed by atoms with Crippen molar-refractivity contribution < 1.29 is 4.42 Å². The Labute approximate surface area is 266 Å². The number of benzene rings is 6. The lowest BCUT2D eigenvalue weighted by molar-refractivity contribution is 0.669. The minimum atomic E-state index is 0.621. The molecule has 0 aliphatic heterocycles. The molecule has 0 unspecified atom stereocenters. The van der Waals surface area contributed by atoms with Crippen LogP contribution in [0, 0.1) is 0 Å². The van der Waals surface area contributed by atoms with Crippen LogP contribution in [0.15, 0.2) is 144 Å². The first-order chi connectivity index (χ1) is 23.3. The zero-order chi connectivity index (χ0) is 30.6. The molecule has 218 valence electrons. The largest absolute Gasteiger partial charge is 0.456 e. The zero-order valence-corrected chi connectivity index (χ0v) is 24.9. The monoisotopic (exact) mass is 601 g/mol. The molecule has 6 aromatic carbocycles. The Hall–Kier alpha value is -6.53. The molecule has 0 aliphatic carbocycles. The van der Waals surface area contributed by atoms with E-state index in [-0.39, 0.29) is 0 Å². The fraction of sp³-hybridized carbons (Fsp3) is 0. The van der Waals surface area contributed by atoms with Gasteiger partial charge >= 0.3 is 0 Å². The second-order valence-corrected chi connectivity index (χ2v) is 12.0. The van der Waals surface area contributed by atoms with Crippen LogP contribution in [0.1, 0.15) is 0 Å². The predicted molar refractivity (Wildman–Crippen MR) is 190 cm³/mol. The highest BCUT2D eigenvalue weighted by Crippen LogP contribution is 2.44. The summed E-state index contributed by atoms with van der Waals surface area (Å²) in [6.07, 6.45) is 0. The molecule has 0 saturated heterocycles. The van der Waals surface area contributed by atoms with Crippen LogP contribution in [0.5, 0.6) is 0 Å². The summed E-state index contributed by atoms with van der Waals surface area (Å²) in [4.78, 5) is 15.9. The van der Waals surface area contributed by atoms with Crippen molar-refractivity contribution in [3.8, 4) is 17.2 Å². The third kappa shape index (κ3) is 3.26. The fourth-order valence-electron chi connectivity index (χ4n) is 7.55. The minimum absolute atomic E-state index is 0.621. The number of rotatable bonds is 2. The molecule has 0 saturated carbocycles. The first-order valence-electron chi connectivity index (χ1n) is 15.7. The molecule has 0 spiro atoms. The molecular formula is C41H23N5O. The van der Waals surface area contributed by atoms with E-state index >= 15 is 0 Å². The lowest BCUT2D eigenvalue weighted by Crippen LogP contribution is -2.04. The molecule has 0 radical (unpaired) electrons. The fourth-order valence-corrected chi connectivity index (χ4v) is 7.55. The van der Waals surface area contributed by atoms with Crippen LogP contribution in [0.2, 0.25) is 0 Å². The number of fused-ring (bicyclic) bond motifs is 15. The van der Waals surface area contributed by atoms with Crippen LogP contribution in [-0.2, 0) is 0 Å². The van der Waals surface area contributed by atoms with E-state index in [1.807, 2.05) is 36.4 Å². The molecule has 6 nitrogen and oxygen atoms in total. The Kier molecular flexibility index (Phi) is 4.75. The highest BCUT2D eigenvalue weighted by molar-refractivity contribution is 6.30. The van der Waals surface area contributed by atoms with Crippen molar-refractivity contribution in [2.45, 2.75) is 0 Å². The van der Waals surface area contributed by atoms with Gasteiger partial charge in [-0.1, -0.05) is 97.1 Å². The van der Waals surface area contributed by atoms with Crippen LogP contribution in [0.3, 0.4) is 0 Å². The Bertz CT molecular complexity index is 3080. The number of aromatic nitrogens is 5. The number of pyridine rings is 1. The van der Waals surface area contributed by atoms with Crippen molar-refractivity contribution in [2.75, 3.05) is 0 Å². The molecule has 47 heavy (non-hydrogen) atoms. The average Bonchev–Trinajstić information content (AvgIpc) is 3.81. The molecule has 0 amide bonds. The standard InChI is InChI=1S/C41H23N5O/c1-2-12-24(13-3-1)37-25-14-4-7-17-29(25)43-41(44-37)46-31-19-9-5-15-26(31)38-39(46)28-22-23-34-35(27-16-6-11-21-33(27)47-34)36(28)40-42-30-18-8-10-20-32(30)45(38)40/h1-23H. The van der Waals surface area contributed by atoms with Gasteiger partial charge in [0.1, 0.15) is 16.8 Å². The van der Waals surface area contributed by atoms with Gasteiger partial charge in [0.2, 0.25) is 5.95 Å². The Balaban J connectivity index is 1.43. The summed E-state index contributed by atoms with van der Waals surface area (Å²) < 4.78 is 11.0. The maximum absolute atomic E-state index is 6.41. The maximum atomic E-state index is 6.41. The van der Waals surface area contributed by atoms with E-state index in [4.69, 9.17) is 19.4 Å². The van der Waals surface area contributed by atoms with Crippen LogP contribution in [0.25, 0.3) is 99.4 Å². The maximum Gasteiger partial charge on any atom is 0.235 e. The Morgan fingerprint density at radius 1 is 0.447 bits per heavy atom. The van der Waals surface area contributed by atoms with Crippen molar-refractivity contribution in [1.82, 2.24) is 23.9 Å². The van der Waals surface area contributed by atoms with Gasteiger partial charge in [-0.15, -0.1) is 0 Å². The molecule has 0 N–H and O–H groups in total. The third-order valence-corrected chi connectivity index (χ3v) is 9.49. The molecular weight excluding hydrogens is 578 g/mol. The summed E-state index contributed by atoms with van der Waals surface area (Å²) >= 11 is 0. The van der Waals surface area contributed by atoms with Crippen molar-refractivity contribution in [2.24, 2.45) is 0 Å². The highest BCUT2D eigenvalue weighted by atomic mass is 16.3. The van der Waals surface area contributed by atoms with Gasteiger partial charge in [0, 0.05) is 37.9 Å². The molecule has 5 aromatic heterocycles. The van der Waals surface area contributed by atoms with E-state index in [9.17, 15) is 0 Å². The number of hydrogen-bond acceptors (Lipinski definition) is 4. The van der Waals surface area contributed by atoms with E-state index in [1.54, 1.807) is 0 Å². The van der Waals surface area contributed by atoms with E-state index in [2.05, 4.69) is 112 Å². The number of imidazole rings is 1. The van der Waals surface area contributed by atoms with Crippen LogP contribution in [-0.4, -0.2) is 23.9 Å². The molecule has 0 fully saturated rings. The SMILES string of the molecule is c1ccc(-c2nc(-n3c4ccccc4c4c3c3ccc5oc6ccccc6c5c3c3nc5ccccc5n34)nc3ccccc23)cc1. The zero-order valence-electron chi connectivity index (χ0n) is 24.9. The van der Waals surface area contributed by atoms with Gasteiger partial charge in [-0.2, -0.15) is 0 Å². The van der Waals surface area contributed by atoms with Gasteiger partial charge < -0.3 is 4.42 Å².